The number of aliphatic hydroxyl groups is 1. The predicted octanol–water partition coefficient (Wildman–Crippen LogP) is 2.79. The van der Waals surface area contributed by atoms with Crippen LogP contribution in [0.4, 0.5) is 0 Å². The minimum atomic E-state index is -0.368. The number of hydrogen-bond acceptors (Lipinski definition) is 5. The third kappa shape index (κ3) is 5.71. The van der Waals surface area contributed by atoms with E-state index in [1.165, 1.54) is 0 Å². The monoisotopic (exact) mass is 336 g/mol. The molecule has 0 fully saturated rings. The number of nitrogens with zero attached hydrogens (tertiary/aromatic N) is 1. The summed E-state index contributed by atoms with van der Waals surface area (Å²) in [5.74, 6) is 1.34. The number of nitrogens with one attached hydrogen (secondary N) is 1. The highest BCUT2D eigenvalue weighted by atomic mass is 35.5. The van der Waals surface area contributed by atoms with Gasteiger partial charge in [-0.1, -0.05) is 23.7 Å². The number of halogens is 1. The fourth-order valence-corrected chi connectivity index (χ4v) is 2.13. The summed E-state index contributed by atoms with van der Waals surface area (Å²) < 4.78 is 11.2. The highest BCUT2D eigenvalue weighted by Gasteiger charge is 2.07. The number of aliphatic hydroxyl groups excluding tert-OH is 1. The maximum atomic E-state index is 9.25. The molecule has 6 heteroatoms. The van der Waals surface area contributed by atoms with Crippen LogP contribution in [0, 0.1) is 0 Å². The van der Waals surface area contributed by atoms with Crippen LogP contribution >= 0.6 is 11.6 Å². The summed E-state index contributed by atoms with van der Waals surface area (Å²) in [6.45, 7) is 3.34. The Morgan fingerprint density at radius 1 is 1.22 bits per heavy atom. The molecule has 0 bridgehead atoms. The fraction of sp³-hybridized carbons (Fsp3) is 0.353. The third-order valence-electron chi connectivity index (χ3n) is 3.18. The summed E-state index contributed by atoms with van der Waals surface area (Å²) >= 11 is 5.76. The average Bonchev–Trinajstić information content (AvgIpc) is 2.54. The molecule has 5 nitrogen and oxygen atoms in total. The van der Waals surface area contributed by atoms with Crippen molar-refractivity contribution in [3.63, 3.8) is 0 Å². The molecule has 0 amide bonds. The van der Waals surface area contributed by atoms with Gasteiger partial charge >= 0.3 is 0 Å². The second kappa shape index (κ2) is 8.72. The van der Waals surface area contributed by atoms with Gasteiger partial charge < -0.3 is 19.9 Å². The minimum Gasteiger partial charge on any atom is -0.493 e. The second-order valence-electron chi connectivity index (χ2n) is 5.24. The van der Waals surface area contributed by atoms with Gasteiger partial charge in [0.2, 0.25) is 0 Å². The van der Waals surface area contributed by atoms with Crippen LogP contribution in [0.25, 0.3) is 0 Å². The lowest BCUT2D eigenvalue weighted by Crippen LogP contribution is -2.23. The van der Waals surface area contributed by atoms with Crippen molar-refractivity contribution < 1.29 is 14.6 Å². The van der Waals surface area contributed by atoms with Crippen LogP contribution in [-0.4, -0.2) is 29.8 Å². The summed E-state index contributed by atoms with van der Waals surface area (Å²) in [6, 6.07) is 9.36. The summed E-state index contributed by atoms with van der Waals surface area (Å²) in [5, 5.41) is 12.9. The zero-order valence-electron chi connectivity index (χ0n) is 13.3. The van der Waals surface area contributed by atoms with E-state index in [0.717, 1.165) is 11.1 Å². The summed E-state index contributed by atoms with van der Waals surface area (Å²) in [5.41, 5.74) is 1.99. The molecule has 2 aromatic rings. The van der Waals surface area contributed by atoms with Crippen LogP contribution in [0.1, 0.15) is 18.1 Å². The minimum absolute atomic E-state index is 0.368. The molecule has 23 heavy (non-hydrogen) atoms. The number of methoxy groups -OCH3 is 1. The highest BCUT2D eigenvalue weighted by molar-refractivity contribution is 6.29. The first-order valence-corrected chi connectivity index (χ1v) is 7.75. The molecular formula is C17H21ClN2O3. The molecule has 1 heterocycles. The van der Waals surface area contributed by atoms with Gasteiger partial charge in [-0.2, -0.15) is 0 Å². The molecule has 0 saturated carbocycles. The van der Waals surface area contributed by atoms with E-state index >= 15 is 0 Å². The zero-order valence-corrected chi connectivity index (χ0v) is 14.0. The van der Waals surface area contributed by atoms with E-state index in [9.17, 15) is 5.11 Å². The summed E-state index contributed by atoms with van der Waals surface area (Å²) in [4.78, 5) is 4.02. The van der Waals surface area contributed by atoms with Crippen molar-refractivity contribution in [2.45, 2.75) is 26.2 Å². The number of ether oxygens (including phenoxy) is 2. The Morgan fingerprint density at radius 3 is 2.65 bits per heavy atom. The Balaban J connectivity index is 1.97. The van der Waals surface area contributed by atoms with Crippen molar-refractivity contribution in [1.82, 2.24) is 10.3 Å². The van der Waals surface area contributed by atoms with Crippen LogP contribution in [0.2, 0.25) is 5.15 Å². The van der Waals surface area contributed by atoms with Gasteiger partial charge in [0.25, 0.3) is 0 Å². The standard InChI is InChI=1S/C17H21ClN2O3/c1-12(21)8-19-9-13-3-5-15(16(7-13)22-2)23-11-14-4-6-17(18)20-10-14/h3-7,10,12,19,21H,8-9,11H2,1-2H3/t12-/m1/s1. The van der Waals surface area contributed by atoms with Gasteiger partial charge in [0.1, 0.15) is 11.8 Å². The van der Waals surface area contributed by atoms with Crippen LogP contribution < -0.4 is 14.8 Å². The Morgan fingerprint density at radius 2 is 2.00 bits per heavy atom. The number of rotatable bonds is 8. The van der Waals surface area contributed by atoms with Crippen LogP contribution in [0.3, 0.4) is 0 Å². The van der Waals surface area contributed by atoms with E-state index in [1.807, 2.05) is 24.3 Å². The lowest BCUT2D eigenvalue weighted by molar-refractivity contribution is 0.191. The van der Waals surface area contributed by atoms with E-state index < -0.39 is 0 Å². The van der Waals surface area contributed by atoms with Crippen molar-refractivity contribution in [2.75, 3.05) is 13.7 Å². The normalized spacial score (nSPS) is 12.0. The molecule has 1 atom stereocenters. The topological polar surface area (TPSA) is 63.6 Å². The lowest BCUT2D eigenvalue weighted by atomic mass is 10.2. The van der Waals surface area contributed by atoms with Crippen molar-refractivity contribution in [2.24, 2.45) is 0 Å². The molecule has 0 unspecified atom stereocenters. The SMILES string of the molecule is COc1cc(CNC[C@@H](C)O)ccc1OCc1ccc(Cl)nc1. The van der Waals surface area contributed by atoms with Gasteiger partial charge in [-0.05, 0) is 30.7 Å². The maximum Gasteiger partial charge on any atom is 0.161 e. The van der Waals surface area contributed by atoms with Gasteiger partial charge in [-0.15, -0.1) is 0 Å². The van der Waals surface area contributed by atoms with Crippen molar-refractivity contribution in [3.05, 3.63) is 52.8 Å². The molecule has 124 valence electrons. The molecule has 2 rings (SSSR count). The van der Waals surface area contributed by atoms with Crippen LogP contribution in [-0.2, 0) is 13.2 Å². The molecule has 0 radical (unpaired) electrons. The van der Waals surface area contributed by atoms with E-state index in [4.69, 9.17) is 21.1 Å². The first-order valence-electron chi connectivity index (χ1n) is 7.37. The van der Waals surface area contributed by atoms with Crippen molar-refractivity contribution >= 4 is 11.6 Å². The quantitative estimate of drug-likeness (QED) is 0.726. The smallest absolute Gasteiger partial charge is 0.161 e. The summed E-state index contributed by atoms with van der Waals surface area (Å²) in [7, 11) is 1.61. The van der Waals surface area contributed by atoms with Crippen LogP contribution in [0.5, 0.6) is 11.5 Å². The number of hydrogen-bond donors (Lipinski definition) is 2. The Labute approximate surface area is 141 Å². The molecule has 0 aliphatic carbocycles. The Bertz CT molecular complexity index is 618. The first-order chi connectivity index (χ1) is 11.1. The summed E-state index contributed by atoms with van der Waals surface area (Å²) in [6.07, 6.45) is 1.32. The highest BCUT2D eigenvalue weighted by Crippen LogP contribution is 2.28. The molecule has 0 spiro atoms. The fourth-order valence-electron chi connectivity index (χ4n) is 2.02. The first kappa shape index (κ1) is 17.5. The lowest BCUT2D eigenvalue weighted by Gasteiger charge is -2.13. The molecule has 1 aromatic carbocycles. The average molecular weight is 337 g/mol. The van der Waals surface area contributed by atoms with Crippen molar-refractivity contribution in [3.8, 4) is 11.5 Å². The second-order valence-corrected chi connectivity index (χ2v) is 5.63. The van der Waals surface area contributed by atoms with Crippen LogP contribution in [0.15, 0.2) is 36.5 Å². The van der Waals surface area contributed by atoms with Gasteiger partial charge in [0.05, 0.1) is 13.2 Å². The van der Waals surface area contributed by atoms with E-state index in [-0.39, 0.29) is 6.10 Å². The van der Waals surface area contributed by atoms with E-state index in [2.05, 4.69) is 10.3 Å². The van der Waals surface area contributed by atoms with E-state index in [1.54, 1.807) is 26.3 Å². The third-order valence-corrected chi connectivity index (χ3v) is 3.40. The van der Waals surface area contributed by atoms with Gasteiger partial charge in [-0.25, -0.2) is 4.98 Å². The van der Waals surface area contributed by atoms with Gasteiger partial charge in [0, 0.05) is 24.8 Å². The Kier molecular flexibility index (Phi) is 6.65. The zero-order chi connectivity index (χ0) is 16.7. The van der Waals surface area contributed by atoms with E-state index in [0.29, 0.717) is 36.3 Å². The molecular weight excluding hydrogens is 316 g/mol. The van der Waals surface area contributed by atoms with Gasteiger partial charge in [-0.3, -0.25) is 0 Å². The molecule has 0 aliphatic rings. The largest absolute Gasteiger partial charge is 0.493 e. The molecule has 1 aromatic heterocycles. The Hall–Kier alpha value is -1.82. The molecule has 0 saturated heterocycles. The van der Waals surface area contributed by atoms with Crippen molar-refractivity contribution in [1.29, 1.82) is 0 Å². The molecule has 2 N–H and O–H groups in total. The predicted molar refractivity (Wildman–Crippen MR) is 90.0 cm³/mol. The maximum absolute atomic E-state index is 9.25. The number of pyridine rings is 1. The number of benzene rings is 1. The number of aromatic nitrogens is 1. The van der Waals surface area contributed by atoms with Gasteiger partial charge in [0.15, 0.2) is 11.5 Å². The molecule has 0 aliphatic heterocycles.